The largest absolute Gasteiger partial charge is 0.450 e. The molecule has 120 valence electrons. The summed E-state index contributed by atoms with van der Waals surface area (Å²) in [6, 6.07) is 8.02. The van der Waals surface area contributed by atoms with Crippen LogP contribution in [0.25, 0.3) is 22.1 Å². The minimum absolute atomic E-state index is 0.554. The van der Waals surface area contributed by atoms with Crippen LogP contribution in [-0.4, -0.2) is 36.3 Å². The highest BCUT2D eigenvalue weighted by atomic mass is 16.5. The first kappa shape index (κ1) is 14.5. The lowest BCUT2D eigenvalue weighted by molar-refractivity contribution is 0.104. The van der Waals surface area contributed by atoms with Gasteiger partial charge in [0, 0.05) is 25.1 Å². The Bertz CT molecular complexity index is 814. The topological polar surface area (TPSA) is 51.4 Å². The number of hydrogen-bond donors (Lipinski definition) is 0. The molecule has 1 saturated heterocycles. The Morgan fingerprint density at radius 2 is 2.22 bits per heavy atom. The van der Waals surface area contributed by atoms with E-state index < -0.39 is 0 Å². The minimum Gasteiger partial charge on any atom is -0.450 e. The highest BCUT2D eigenvalue weighted by Gasteiger charge is 2.24. The van der Waals surface area contributed by atoms with E-state index in [2.05, 4.69) is 14.9 Å². The van der Waals surface area contributed by atoms with Crippen LogP contribution in [0.4, 0.5) is 5.82 Å². The van der Waals surface area contributed by atoms with Gasteiger partial charge in [-0.2, -0.15) is 0 Å². The summed E-state index contributed by atoms with van der Waals surface area (Å²) in [5.41, 5.74) is 2.57. The molecule has 0 radical (unpaired) electrons. The highest BCUT2D eigenvalue weighted by molar-refractivity contribution is 6.05. The molecule has 0 saturated carbocycles. The maximum absolute atomic E-state index is 6.06. The van der Waals surface area contributed by atoms with Crippen molar-refractivity contribution in [3.8, 4) is 0 Å². The Balaban J connectivity index is 1.70. The van der Waals surface area contributed by atoms with Gasteiger partial charge in [-0.3, -0.25) is 0 Å². The first-order chi connectivity index (χ1) is 11.4. The number of piperidine rings is 1. The Kier molecular flexibility index (Phi) is 3.87. The molecule has 3 aromatic rings. The normalized spacial score (nSPS) is 18.8. The van der Waals surface area contributed by atoms with E-state index in [4.69, 9.17) is 9.15 Å². The van der Waals surface area contributed by atoms with E-state index in [-0.39, 0.29) is 0 Å². The second kappa shape index (κ2) is 6.16. The maximum atomic E-state index is 6.06. The van der Waals surface area contributed by atoms with Crippen molar-refractivity contribution < 1.29 is 9.15 Å². The summed E-state index contributed by atoms with van der Waals surface area (Å²) in [4.78, 5) is 11.3. The number of aromatic nitrogens is 2. The quantitative estimate of drug-likeness (QED) is 0.736. The number of ether oxygens (including phenoxy) is 1. The molecule has 23 heavy (non-hydrogen) atoms. The third-order valence-electron chi connectivity index (χ3n) is 4.52. The Labute approximate surface area is 135 Å². The molecule has 1 aliphatic rings. The summed E-state index contributed by atoms with van der Waals surface area (Å²) >= 11 is 0. The molecular formula is C18H21N3O2. The average molecular weight is 311 g/mol. The molecule has 0 aliphatic carbocycles. The van der Waals surface area contributed by atoms with Crippen LogP contribution in [-0.2, 0) is 4.74 Å². The minimum atomic E-state index is 0.554. The van der Waals surface area contributed by atoms with Crippen molar-refractivity contribution in [2.45, 2.75) is 19.8 Å². The van der Waals surface area contributed by atoms with Gasteiger partial charge in [0.1, 0.15) is 17.4 Å². The van der Waals surface area contributed by atoms with Gasteiger partial charge in [0.25, 0.3) is 0 Å². The van der Waals surface area contributed by atoms with Gasteiger partial charge in [-0.25, -0.2) is 9.97 Å². The van der Waals surface area contributed by atoms with Crippen LogP contribution in [0.2, 0.25) is 0 Å². The number of benzene rings is 1. The molecule has 1 aliphatic heterocycles. The number of anilines is 1. The smallest absolute Gasteiger partial charge is 0.196 e. The molecule has 5 heteroatoms. The number of rotatable bonds is 4. The standard InChI is InChI=1S/C18H21N3O2/c1-2-22-11-13-6-5-9-21(10-13)18-17-16(19-12-20-18)14-7-3-4-8-15(14)23-17/h3-4,7-8,12-13H,2,5-6,9-11H2,1H3. The Morgan fingerprint density at radius 3 is 3.13 bits per heavy atom. The van der Waals surface area contributed by atoms with Gasteiger partial charge >= 0.3 is 0 Å². The molecule has 1 aromatic carbocycles. The molecule has 1 atom stereocenters. The van der Waals surface area contributed by atoms with Gasteiger partial charge in [-0.05, 0) is 37.8 Å². The monoisotopic (exact) mass is 311 g/mol. The molecule has 4 rings (SSSR count). The predicted octanol–water partition coefficient (Wildman–Crippen LogP) is 3.63. The van der Waals surface area contributed by atoms with E-state index in [1.807, 2.05) is 31.2 Å². The summed E-state index contributed by atoms with van der Waals surface area (Å²) in [6.45, 7) is 5.61. The van der Waals surface area contributed by atoms with E-state index in [1.54, 1.807) is 6.33 Å². The van der Waals surface area contributed by atoms with E-state index in [0.717, 1.165) is 60.6 Å². The van der Waals surface area contributed by atoms with Crippen molar-refractivity contribution in [1.29, 1.82) is 0 Å². The molecule has 0 spiro atoms. The van der Waals surface area contributed by atoms with Crippen LogP contribution in [0.3, 0.4) is 0 Å². The zero-order chi connectivity index (χ0) is 15.6. The van der Waals surface area contributed by atoms with Gasteiger partial charge in [-0.1, -0.05) is 12.1 Å². The summed E-state index contributed by atoms with van der Waals surface area (Å²) < 4.78 is 11.7. The first-order valence-corrected chi connectivity index (χ1v) is 8.31. The van der Waals surface area contributed by atoms with E-state index in [0.29, 0.717) is 5.92 Å². The van der Waals surface area contributed by atoms with E-state index in [1.165, 1.54) is 6.42 Å². The van der Waals surface area contributed by atoms with Crippen molar-refractivity contribution in [2.75, 3.05) is 31.2 Å². The third-order valence-corrected chi connectivity index (χ3v) is 4.52. The number of nitrogens with zero attached hydrogens (tertiary/aromatic N) is 3. The number of furan rings is 1. The van der Waals surface area contributed by atoms with Gasteiger partial charge in [0.05, 0.1) is 6.61 Å². The van der Waals surface area contributed by atoms with Gasteiger partial charge in [0.15, 0.2) is 11.4 Å². The molecule has 0 bridgehead atoms. The summed E-state index contributed by atoms with van der Waals surface area (Å²) in [7, 11) is 0. The van der Waals surface area contributed by atoms with Gasteiger partial charge in [-0.15, -0.1) is 0 Å². The SMILES string of the molecule is CCOCC1CCCN(c2ncnc3c2oc2ccccc23)C1. The fraction of sp³-hybridized carbons (Fsp3) is 0.444. The maximum Gasteiger partial charge on any atom is 0.196 e. The average Bonchev–Trinajstić information content (AvgIpc) is 2.99. The van der Waals surface area contributed by atoms with Crippen molar-refractivity contribution >= 4 is 27.9 Å². The summed E-state index contributed by atoms with van der Waals surface area (Å²) in [6.07, 6.45) is 4.01. The number of para-hydroxylation sites is 1. The molecule has 5 nitrogen and oxygen atoms in total. The Hall–Kier alpha value is -2.14. The van der Waals surface area contributed by atoms with Crippen LogP contribution in [0.5, 0.6) is 0 Å². The molecule has 0 amide bonds. The second-order valence-electron chi connectivity index (χ2n) is 6.09. The van der Waals surface area contributed by atoms with Crippen molar-refractivity contribution in [3.63, 3.8) is 0 Å². The van der Waals surface area contributed by atoms with Crippen LogP contribution in [0.1, 0.15) is 19.8 Å². The van der Waals surface area contributed by atoms with Gasteiger partial charge < -0.3 is 14.1 Å². The van der Waals surface area contributed by atoms with E-state index >= 15 is 0 Å². The first-order valence-electron chi connectivity index (χ1n) is 8.31. The fourth-order valence-electron chi connectivity index (χ4n) is 3.41. The summed E-state index contributed by atoms with van der Waals surface area (Å²) in [5, 5.41) is 1.05. The third kappa shape index (κ3) is 2.65. The molecule has 1 fully saturated rings. The fourth-order valence-corrected chi connectivity index (χ4v) is 3.41. The number of hydrogen-bond acceptors (Lipinski definition) is 5. The zero-order valence-electron chi connectivity index (χ0n) is 13.4. The molecular weight excluding hydrogens is 290 g/mol. The lowest BCUT2D eigenvalue weighted by atomic mass is 9.99. The Morgan fingerprint density at radius 1 is 1.30 bits per heavy atom. The number of fused-ring (bicyclic) bond motifs is 3. The zero-order valence-corrected chi connectivity index (χ0v) is 13.4. The van der Waals surface area contributed by atoms with Crippen LogP contribution in [0.15, 0.2) is 35.0 Å². The van der Waals surface area contributed by atoms with Crippen molar-refractivity contribution in [1.82, 2.24) is 9.97 Å². The molecule has 0 N–H and O–H groups in total. The summed E-state index contributed by atoms with van der Waals surface area (Å²) in [5.74, 6) is 1.46. The lowest BCUT2D eigenvalue weighted by Gasteiger charge is -2.33. The molecule has 3 heterocycles. The van der Waals surface area contributed by atoms with Crippen LogP contribution < -0.4 is 4.90 Å². The lowest BCUT2D eigenvalue weighted by Crippen LogP contribution is -2.37. The van der Waals surface area contributed by atoms with E-state index in [9.17, 15) is 0 Å². The van der Waals surface area contributed by atoms with Crippen LogP contribution in [0, 0.1) is 5.92 Å². The molecule has 2 aromatic heterocycles. The predicted molar refractivity (Wildman–Crippen MR) is 90.7 cm³/mol. The molecule has 1 unspecified atom stereocenters. The van der Waals surface area contributed by atoms with Crippen LogP contribution >= 0.6 is 0 Å². The van der Waals surface area contributed by atoms with Gasteiger partial charge in [0.2, 0.25) is 0 Å². The van der Waals surface area contributed by atoms with Crippen molar-refractivity contribution in [2.24, 2.45) is 5.92 Å². The highest BCUT2D eigenvalue weighted by Crippen LogP contribution is 2.33. The van der Waals surface area contributed by atoms with Crippen molar-refractivity contribution in [3.05, 3.63) is 30.6 Å². The second-order valence-corrected chi connectivity index (χ2v) is 6.09.